The van der Waals surface area contributed by atoms with Gasteiger partial charge >= 0.3 is 0 Å². The van der Waals surface area contributed by atoms with Crippen molar-refractivity contribution in [1.29, 1.82) is 0 Å². The summed E-state index contributed by atoms with van der Waals surface area (Å²) in [6.07, 6.45) is 5.95. The third kappa shape index (κ3) is 5.51. The molecule has 1 saturated heterocycles. The van der Waals surface area contributed by atoms with Crippen LogP contribution in [0.25, 0.3) is 16.9 Å². The van der Waals surface area contributed by atoms with Crippen LogP contribution in [0.1, 0.15) is 63.8 Å². The number of nitrogens with one attached hydrogen (secondary N) is 4. The van der Waals surface area contributed by atoms with E-state index in [1.54, 1.807) is 15.6 Å². The number of aryl methyl sites for hydroxylation is 1. The Bertz CT molecular complexity index is 1610. The van der Waals surface area contributed by atoms with Crippen molar-refractivity contribution in [2.45, 2.75) is 70.6 Å². The number of pyridine rings is 1. The van der Waals surface area contributed by atoms with E-state index in [0.717, 1.165) is 49.5 Å². The minimum atomic E-state index is -0.955. The number of fused-ring (bicyclic) bond motifs is 2. The van der Waals surface area contributed by atoms with E-state index in [1.807, 2.05) is 57.2 Å². The van der Waals surface area contributed by atoms with E-state index >= 15 is 0 Å². The highest BCUT2D eigenvalue weighted by molar-refractivity contribution is 5.77. The number of nitrogens with zero attached hydrogens (tertiary/aromatic N) is 5. The second kappa shape index (κ2) is 11.8. The number of anilines is 3. The quantitative estimate of drug-likeness (QED) is 0.181. The summed E-state index contributed by atoms with van der Waals surface area (Å²) in [5.74, 6) is 0.938. The maximum absolute atomic E-state index is 13.4. The molecule has 4 aromatic rings. The van der Waals surface area contributed by atoms with Gasteiger partial charge in [-0.3, -0.25) is 4.79 Å². The summed E-state index contributed by atoms with van der Waals surface area (Å²) in [5.41, 5.74) is 2.96. The zero-order valence-corrected chi connectivity index (χ0v) is 24.7. The topological polar surface area (TPSA) is 134 Å². The Labute approximate surface area is 245 Å². The van der Waals surface area contributed by atoms with E-state index in [1.165, 1.54) is 12.8 Å². The highest BCUT2D eigenvalue weighted by Crippen LogP contribution is 2.38. The molecule has 2 aliphatic rings. The minimum absolute atomic E-state index is 0.141. The van der Waals surface area contributed by atoms with Crippen molar-refractivity contribution < 1.29 is 5.11 Å². The van der Waals surface area contributed by atoms with Gasteiger partial charge in [0.15, 0.2) is 11.5 Å². The van der Waals surface area contributed by atoms with E-state index in [0.29, 0.717) is 47.4 Å². The normalized spacial score (nSPS) is 19.0. The summed E-state index contributed by atoms with van der Waals surface area (Å²) in [7, 11) is 0. The zero-order valence-electron chi connectivity index (χ0n) is 24.7. The van der Waals surface area contributed by atoms with Crippen LogP contribution in [0.4, 0.5) is 17.3 Å². The summed E-state index contributed by atoms with van der Waals surface area (Å²) < 4.78 is 3.41. The number of hydrogen-bond acceptors (Lipinski definition) is 9. The van der Waals surface area contributed by atoms with Gasteiger partial charge in [0.05, 0.1) is 5.69 Å². The summed E-state index contributed by atoms with van der Waals surface area (Å²) in [5, 5.41) is 25.4. The van der Waals surface area contributed by atoms with E-state index < -0.39 is 5.60 Å². The lowest BCUT2D eigenvalue weighted by molar-refractivity contribution is 0.0305. The molecule has 1 atom stereocenters. The molecule has 1 aliphatic heterocycles. The van der Waals surface area contributed by atoms with Gasteiger partial charge in [0.2, 0.25) is 5.95 Å². The van der Waals surface area contributed by atoms with Crippen molar-refractivity contribution in [3.05, 3.63) is 64.2 Å². The lowest BCUT2D eigenvalue weighted by atomic mass is 9.98. The van der Waals surface area contributed by atoms with Gasteiger partial charge in [0.25, 0.3) is 5.56 Å². The fourth-order valence-corrected chi connectivity index (χ4v) is 6.06. The van der Waals surface area contributed by atoms with Gasteiger partial charge in [-0.25, -0.2) is 19.3 Å². The van der Waals surface area contributed by atoms with Crippen LogP contribution < -0.4 is 26.8 Å². The van der Waals surface area contributed by atoms with Crippen molar-refractivity contribution in [3.63, 3.8) is 0 Å². The zero-order chi connectivity index (χ0) is 29.3. The Morgan fingerprint density at radius 1 is 1.07 bits per heavy atom. The molecule has 0 unspecified atom stereocenters. The van der Waals surface area contributed by atoms with Crippen molar-refractivity contribution in [2.75, 3.05) is 36.8 Å². The van der Waals surface area contributed by atoms with E-state index in [2.05, 4.69) is 26.3 Å². The molecule has 1 fully saturated rings. The van der Waals surface area contributed by atoms with Crippen LogP contribution >= 0.6 is 0 Å². The van der Waals surface area contributed by atoms with Gasteiger partial charge in [-0.1, -0.05) is 13.0 Å². The number of benzene rings is 1. The molecule has 0 amide bonds. The number of rotatable bonds is 10. The molecule has 5 N–H and O–H groups in total. The van der Waals surface area contributed by atoms with Gasteiger partial charge < -0.3 is 26.4 Å². The molecule has 11 heteroatoms. The first kappa shape index (κ1) is 28.3. The Morgan fingerprint density at radius 3 is 2.57 bits per heavy atom. The lowest BCUT2D eigenvalue weighted by Gasteiger charge is -2.23. The molecular weight excluding hydrogens is 530 g/mol. The maximum Gasteiger partial charge on any atom is 0.278 e. The first-order valence-corrected chi connectivity index (χ1v) is 15.1. The molecule has 0 saturated carbocycles. The smallest absolute Gasteiger partial charge is 0.278 e. The molecule has 0 bridgehead atoms. The average molecular weight is 572 g/mol. The molecule has 3 aromatic heterocycles. The molecule has 1 aliphatic carbocycles. The third-order valence-corrected chi connectivity index (χ3v) is 8.49. The SMILES string of the molecule is CC[C@@]1(O)CCc2ccc(-n3c4nc(Nc5ccc(NCCNC6CCNCC6)cc5)ncc4c(=O)n3C(C)C)nc21. The van der Waals surface area contributed by atoms with Crippen LogP contribution in [0.2, 0.25) is 0 Å². The second-order valence-corrected chi connectivity index (χ2v) is 11.7. The highest BCUT2D eigenvalue weighted by atomic mass is 16.3. The largest absolute Gasteiger partial charge is 0.384 e. The molecule has 11 nitrogen and oxygen atoms in total. The predicted molar refractivity (Wildman–Crippen MR) is 166 cm³/mol. The van der Waals surface area contributed by atoms with E-state index in [9.17, 15) is 9.90 Å². The fourth-order valence-electron chi connectivity index (χ4n) is 6.06. The number of aromatic nitrogens is 5. The summed E-state index contributed by atoms with van der Waals surface area (Å²) >= 11 is 0. The van der Waals surface area contributed by atoms with Gasteiger partial charge in [-0.05, 0) is 94.9 Å². The van der Waals surface area contributed by atoms with Crippen LogP contribution in [0.15, 0.2) is 47.4 Å². The third-order valence-electron chi connectivity index (χ3n) is 8.49. The summed E-state index contributed by atoms with van der Waals surface area (Å²) in [6.45, 7) is 9.84. The highest BCUT2D eigenvalue weighted by Gasteiger charge is 2.37. The molecule has 6 rings (SSSR count). The Balaban J connectivity index is 1.22. The van der Waals surface area contributed by atoms with Crippen molar-refractivity contribution >= 4 is 28.4 Å². The predicted octanol–water partition coefficient (Wildman–Crippen LogP) is 3.60. The number of hydrogen-bond donors (Lipinski definition) is 5. The average Bonchev–Trinajstić information content (AvgIpc) is 3.50. The monoisotopic (exact) mass is 571 g/mol. The first-order chi connectivity index (χ1) is 20.4. The molecule has 1 aromatic carbocycles. The van der Waals surface area contributed by atoms with Crippen LogP contribution in [-0.4, -0.2) is 61.6 Å². The van der Waals surface area contributed by atoms with Gasteiger partial charge in [-0.2, -0.15) is 4.98 Å². The van der Waals surface area contributed by atoms with Crippen LogP contribution in [0.3, 0.4) is 0 Å². The van der Waals surface area contributed by atoms with Gasteiger partial charge in [0, 0.05) is 42.7 Å². The molecule has 222 valence electrons. The Morgan fingerprint density at radius 2 is 1.83 bits per heavy atom. The van der Waals surface area contributed by atoms with Crippen LogP contribution in [0, 0.1) is 0 Å². The first-order valence-electron chi connectivity index (χ1n) is 15.1. The number of piperidine rings is 1. The second-order valence-electron chi connectivity index (χ2n) is 11.7. The van der Waals surface area contributed by atoms with Crippen molar-refractivity contribution in [3.8, 4) is 5.82 Å². The molecule has 0 spiro atoms. The molecule has 0 radical (unpaired) electrons. The number of aliphatic hydroxyl groups is 1. The summed E-state index contributed by atoms with van der Waals surface area (Å²) in [4.78, 5) is 27.6. The molecule has 42 heavy (non-hydrogen) atoms. The van der Waals surface area contributed by atoms with Crippen LogP contribution in [0.5, 0.6) is 0 Å². The van der Waals surface area contributed by atoms with Crippen molar-refractivity contribution in [1.82, 2.24) is 34.9 Å². The van der Waals surface area contributed by atoms with E-state index in [-0.39, 0.29) is 11.6 Å². The van der Waals surface area contributed by atoms with E-state index in [4.69, 9.17) is 9.97 Å². The Hall–Kier alpha value is -3.80. The minimum Gasteiger partial charge on any atom is -0.384 e. The Kier molecular flexibility index (Phi) is 7.98. The van der Waals surface area contributed by atoms with Gasteiger partial charge in [-0.15, -0.1) is 0 Å². The fraction of sp³-hybridized carbons (Fsp3) is 0.484. The lowest BCUT2D eigenvalue weighted by Crippen LogP contribution is -2.41. The maximum atomic E-state index is 13.4. The standard InChI is InChI=1S/C31H41N9O2/c1-4-31(42)14-11-21-5-10-26(37-27(21)31)40-28-25(29(41)39(40)20(2)3)19-35-30(38-28)36-24-8-6-22(7-9-24)33-17-18-34-23-12-15-32-16-13-23/h5-10,19-20,23,32-34,42H,4,11-18H2,1-3H3,(H,35,36,38)/t31-/m1/s1. The molecular formula is C31H41N9O2. The van der Waals surface area contributed by atoms with Crippen LogP contribution in [-0.2, 0) is 12.0 Å². The summed E-state index contributed by atoms with van der Waals surface area (Å²) in [6, 6.07) is 12.4. The van der Waals surface area contributed by atoms with Crippen molar-refractivity contribution in [2.24, 2.45) is 0 Å². The molecule has 4 heterocycles. The van der Waals surface area contributed by atoms with Gasteiger partial charge in [0.1, 0.15) is 11.0 Å².